The second-order valence-corrected chi connectivity index (χ2v) is 7.71. The van der Waals surface area contributed by atoms with Crippen LogP contribution in [0.3, 0.4) is 0 Å². The summed E-state index contributed by atoms with van der Waals surface area (Å²) in [5, 5.41) is 0. The van der Waals surface area contributed by atoms with Gasteiger partial charge in [0.2, 0.25) is 0 Å². The molecule has 1 aromatic carbocycles. The molecule has 1 aromatic rings. The fraction of sp³-hybridized carbons (Fsp3) is 0.600. The number of carbonyl (C=O) groups is 2. The summed E-state index contributed by atoms with van der Waals surface area (Å²) in [6.07, 6.45) is 4.03. The fourth-order valence-corrected chi connectivity index (χ4v) is 3.32. The summed E-state index contributed by atoms with van der Waals surface area (Å²) in [7, 11) is 1.35. The van der Waals surface area contributed by atoms with Crippen LogP contribution in [0.25, 0.3) is 0 Å². The Morgan fingerprint density at radius 1 is 1.04 bits per heavy atom. The quantitative estimate of drug-likeness (QED) is 0.768. The van der Waals surface area contributed by atoms with Crippen molar-refractivity contribution in [2.24, 2.45) is 17.3 Å². The second kappa shape index (κ2) is 7.82. The molecule has 0 aliphatic heterocycles. The van der Waals surface area contributed by atoms with Gasteiger partial charge in [0.15, 0.2) is 0 Å². The Hall–Kier alpha value is -1.84. The maximum Gasteiger partial charge on any atom is 0.337 e. The summed E-state index contributed by atoms with van der Waals surface area (Å²) in [4.78, 5) is 23.6. The van der Waals surface area contributed by atoms with E-state index in [9.17, 15) is 9.59 Å². The molecular formula is C20H28O4. The van der Waals surface area contributed by atoms with Crippen LogP contribution in [0, 0.1) is 17.3 Å². The lowest BCUT2D eigenvalue weighted by molar-refractivity contribution is -0.151. The normalized spacial score (nSPS) is 21.2. The van der Waals surface area contributed by atoms with Crippen LogP contribution in [0.2, 0.25) is 0 Å². The van der Waals surface area contributed by atoms with Gasteiger partial charge in [-0.1, -0.05) is 32.9 Å². The molecule has 2 rings (SSSR count). The number of hydrogen-bond acceptors (Lipinski definition) is 4. The average Bonchev–Trinajstić information content (AvgIpc) is 2.58. The van der Waals surface area contributed by atoms with Crippen LogP contribution in [-0.2, 0) is 20.9 Å². The van der Waals surface area contributed by atoms with Gasteiger partial charge in [-0.3, -0.25) is 4.79 Å². The molecule has 1 saturated carbocycles. The third-order valence-electron chi connectivity index (χ3n) is 5.04. The van der Waals surface area contributed by atoms with Gasteiger partial charge in [-0.25, -0.2) is 4.79 Å². The molecule has 0 spiro atoms. The van der Waals surface area contributed by atoms with Crippen LogP contribution in [-0.4, -0.2) is 19.0 Å². The summed E-state index contributed by atoms with van der Waals surface area (Å²) < 4.78 is 10.1. The Bertz CT molecular complexity index is 560. The van der Waals surface area contributed by atoms with Gasteiger partial charge >= 0.3 is 11.9 Å². The molecule has 0 atom stereocenters. The van der Waals surface area contributed by atoms with Crippen molar-refractivity contribution in [2.45, 2.75) is 53.1 Å². The molecule has 24 heavy (non-hydrogen) atoms. The standard InChI is InChI=1S/C20H28O4/c1-20(2,3)17-11-9-16(10-12-17)19(22)24-13-14-5-7-15(8-6-14)18(21)23-4/h5-8,16-17H,9-13H2,1-4H3. The predicted octanol–water partition coefficient (Wildman–Crippen LogP) is 4.37. The number of ether oxygens (including phenoxy) is 2. The summed E-state index contributed by atoms with van der Waals surface area (Å²) in [5.74, 6) is 0.249. The largest absolute Gasteiger partial charge is 0.465 e. The molecule has 0 aromatic heterocycles. The first-order valence-electron chi connectivity index (χ1n) is 8.65. The first kappa shape index (κ1) is 18.5. The smallest absolute Gasteiger partial charge is 0.337 e. The zero-order valence-corrected chi connectivity index (χ0v) is 15.1. The fourth-order valence-electron chi connectivity index (χ4n) is 3.32. The van der Waals surface area contributed by atoms with Crippen LogP contribution >= 0.6 is 0 Å². The van der Waals surface area contributed by atoms with Crippen LogP contribution in [0.1, 0.15) is 62.4 Å². The number of esters is 2. The number of hydrogen-bond donors (Lipinski definition) is 0. The molecule has 4 nitrogen and oxygen atoms in total. The van der Waals surface area contributed by atoms with E-state index in [1.807, 2.05) is 0 Å². The van der Waals surface area contributed by atoms with E-state index >= 15 is 0 Å². The Morgan fingerprint density at radius 3 is 2.12 bits per heavy atom. The summed E-state index contributed by atoms with van der Waals surface area (Å²) >= 11 is 0. The molecule has 1 aliphatic rings. The number of methoxy groups -OCH3 is 1. The first-order valence-corrected chi connectivity index (χ1v) is 8.65. The van der Waals surface area contributed by atoms with Gasteiger partial charge in [0, 0.05) is 0 Å². The van der Waals surface area contributed by atoms with E-state index in [-0.39, 0.29) is 24.5 Å². The van der Waals surface area contributed by atoms with Crippen molar-refractivity contribution in [1.82, 2.24) is 0 Å². The third-order valence-corrected chi connectivity index (χ3v) is 5.04. The van der Waals surface area contributed by atoms with Crippen molar-refractivity contribution in [3.05, 3.63) is 35.4 Å². The summed E-state index contributed by atoms with van der Waals surface area (Å²) in [5.41, 5.74) is 1.68. The first-order chi connectivity index (χ1) is 11.3. The third kappa shape index (κ3) is 4.83. The van der Waals surface area contributed by atoms with Gasteiger partial charge in [-0.05, 0) is 54.7 Å². The zero-order chi connectivity index (χ0) is 17.7. The highest BCUT2D eigenvalue weighted by Gasteiger charge is 2.32. The van der Waals surface area contributed by atoms with E-state index < -0.39 is 0 Å². The molecule has 0 N–H and O–H groups in total. The molecule has 0 unspecified atom stereocenters. The van der Waals surface area contributed by atoms with Crippen LogP contribution in [0.5, 0.6) is 0 Å². The summed E-state index contributed by atoms with van der Waals surface area (Å²) in [6.45, 7) is 7.07. The van der Waals surface area contributed by atoms with Crippen molar-refractivity contribution >= 4 is 11.9 Å². The van der Waals surface area contributed by atoms with E-state index in [1.165, 1.54) is 7.11 Å². The van der Waals surface area contributed by atoms with Gasteiger partial charge in [0.05, 0.1) is 18.6 Å². The van der Waals surface area contributed by atoms with E-state index in [0.29, 0.717) is 16.9 Å². The highest BCUT2D eigenvalue weighted by Crippen LogP contribution is 2.40. The Kier molecular flexibility index (Phi) is 6.03. The number of benzene rings is 1. The van der Waals surface area contributed by atoms with Crippen molar-refractivity contribution in [3.8, 4) is 0 Å². The predicted molar refractivity (Wildman–Crippen MR) is 92.5 cm³/mol. The van der Waals surface area contributed by atoms with Gasteiger partial charge in [-0.15, -0.1) is 0 Å². The minimum Gasteiger partial charge on any atom is -0.465 e. The van der Waals surface area contributed by atoms with Gasteiger partial charge < -0.3 is 9.47 Å². The SMILES string of the molecule is COC(=O)c1ccc(COC(=O)C2CCC(C(C)(C)C)CC2)cc1. The highest BCUT2D eigenvalue weighted by atomic mass is 16.5. The van der Waals surface area contributed by atoms with Crippen molar-refractivity contribution in [2.75, 3.05) is 7.11 Å². The van der Waals surface area contributed by atoms with Crippen LogP contribution < -0.4 is 0 Å². The van der Waals surface area contributed by atoms with E-state index in [2.05, 4.69) is 25.5 Å². The molecule has 4 heteroatoms. The second-order valence-electron chi connectivity index (χ2n) is 7.71. The monoisotopic (exact) mass is 332 g/mol. The lowest BCUT2D eigenvalue weighted by atomic mass is 9.70. The minimum atomic E-state index is -0.367. The molecule has 0 radical (unpaired) electrons. The lowest BCUT2D eigenvalue weighted by Crippen LogP contribution is -2.29. The minimum absolute atomic E-state index is 0.0259. The molecule has 1 fully saturated rings. The molecule has 0 saturated heterocycles. The zero-order valence-electron chi connectivity index (χ0n) is 15.1. The molecule has 0 amide bonds. The van der Waals surface area contributed by atoms with Gasteiger partial charge in [0.1, 0.15) is 6.61 Å². The number of rotatable bonds is 4. The Labute approximate surface area is 144 Å². The Morgan fingerprint density at radius 2 is 1.62 bits per heavy atom. The number of carbonyl (C=O) groups excluding carboxylic acids is 2. The Balaban J connectivity index is 1.80. The van der Waals surface area contributed by atoms with Crippen LogP contribution in [0.4, 0.5) is 0 Å². The van der Waals surface area contributed by atoms with E-state index in [4.69, 9.17) is 4.74 Å². The molecule has 1 aliphatic carbocycles. The van der Waals surface area contributed by atoms with Gasteiger partial charge in [-0.2, -0.15) is 0 Å². The lowest BCUT2D eigenvalue weighted by Gasteiger charge is -2.36. The van der Waals surface area contributed by atoms with Crippen molar-refractivity contribution in [1.29, 1.82) is 0 Å². The maximum absolute atomic E-state index is 12.3. The van der Waals surface area contributed by atoms with Gasteiger partial charge in [0.25, 0.3) is 0 Å². The molecular weight excluding hydrogens is 304 g/mol. The average molecular weight is 332 g/mol. The topological polar surface area (TPSA) is 52.6 Å². The molecule has 132 valence electrons. The van der Waals surface area contributed by atoms with Crippen molar-refractivity contribution < 1.29 is 19.1 Å². The van der Waals surface area contributed by atoms with Crippen molar-refractivity contribution in [3.63, 3.8) is 0 Å². The van der Waals surface area contributed by atoms with E-state index in [1.54, 1.807) is 24.3 Å². The molecule has 0 bridgehead atoms. The van der Waals surface area contributed by atoms with E-state index in [0.717, 1.165) is 31.2 Å². The maximum atomic E-state index is 12.3. The molecule has 0 heterocycles. The van der Waals surface area contributed by atoms with Crippen LogP contribution in [0.15, 0.2) is 24.3 Å². The summed E-state index contributed by atoms with van der Waals surface area (Å²) in [6, 6.07) is 6.94. The highest BCUT2D eigenvalue weighted by molar-refractivity contribution is 5.89.